The predicted octanol–water partition coefficient (Wildman–Crippen LogP) is 3.63. The van der Waals surface area contributed by atoms with Gasteiger partial charge in [0, 0.05) is 19.0 Å². The molecule has 1 amide bonds. The Balaban J connectivity index is 1.61. The minimum absolute atomic E-state index is 0.265. The highest BCUT2D eigenvalue weighted by Crippen LogP contribution is 2.47. The van der Waals surface area contributed by atoms with Crippen molar-refractivity contribution in [2.45, 2.75) is 37.5 Å². The van der Waals surface area contributed by atoms with Crippen molar-refractivity contribution in [3.63, 3.8) is 0 Å². The third kappa shape index (κ3) is 3.10. The molecule has 2 fully saturated rings. The van der Waals surface area contributed by atoms with Gasteiger partial charge in [-0.25, -0.2) is 0 Å². The summed E-state index contributed by atoms with van der Waals surface area (Å²) in [6.45, 7) is 4.15. The van der Waals surface area contributed by atoms with Gasteiger partial charge in [0.25, 0.3) is 0 Å². The van der Waals surface area contributed by atoms with Crippen LogP contribution in [0, 0.1) is 12.8 Å². The Morgan fingerprint density at radius 2 is 1.93 bits per heavy atom. The van der Waals surface area contributed by atoms with Gasteiger partial charge in [0.1, 0.15) is 5.75 Å². The summed E-state index contributed by atoms with van der Waals surface area (Å²) in [6.07, 6.45) is 2.92. The van der Waals surface area contributed by atoms with E-state index in [1.165, 1.54) is 5.56 Å². The summed E-state index contributed by atoms with van der Waals surface area (Å²) in [7, 11) is 1.69. The standard InChI is InChI=1S/C24H30N2O2/c1-17-9-10-20(13-22(17)28-2)24(11-6-12-24)23(27)26-15-19(14-25)21(16-26)18-7-4-3-5-8-18/h3-5,7-10,13,19,21H,6,11-12,14-16,25H2,1-2H3/t19-,21+/m1/s1. The molecular weight excluding hydrogens is 348 g/mol. The Morgan fingerprint density at radius 1 is 1.18 bits per heavy atom. The van der Waals surface area contributed by atoms with Gasteiger partial charge in [0.2, 0.25) is 5.91 Å². The first kappa shape index (κ1) is 19.0. The largest absolute Gasteiger partial charge is 0.496 e. The second-order valence-electron chi connectivity index (χ2n) is 8.34. The molecule has 0 spiro atoms. The molecule has 2 aromatic rings. The number of aryl methyl sites for hydroxylation is 1. The number of ether oxygens (including phenoxy) is 1. The van der Waals surface area contributed by atoms with Crippen LogP contribution in [0.1, 0.15) is 41.9 Å². The number of benzene rings is 2. The van der Waals surface area contributed by atoms with Crippen LogP contribution < -0.4 is 10.5 Å². The number of methoxy groups -OCH3 is 1. The molecule has 1 aliphatic heterocycles. The number of hydrogen-bond donors (Lipinski definition) is 1. The van der Waals surface area contributed by atoms with E-state index in [0.717, 1.165) is 49.2 Å². The molecule has 4 rings (SSSR count). The number of nitrogens with zero attached hydrogens (tertiary/aromatic N) is 1. The molecule has 2 N–H and O–H groups in total. The van der Waals surface area contributed by atoms with Gasteiger partial charge in [0.05, 0.1) is 12.5 Å². The predicted molar refractivity (Wildman–Crippen MR) is 112 cm³/mol. The van der Waals surface area contributed by atoms with E-state index in [4.69, 9.17) is 10.5 Å². The third-order valence-electron chi connectivity index (χ3n) is 6.84. The fourth-order valence-corrected chi connectivity index (χ4v) is 4.93. The van der Waals surface area contributed by atoms with E-state index in [1.807, 2.05) is 13.0 Å². The highest BCUT2D eigenvalue weighted by Gasteiger charge is 2.50. The Morgan fingerprint density at radius 3 is 2.54 bits per heavy atom. The average molecular weight is 379 g/mol. The molecule has 1 saturated heterocycles. The van der Waals surface area contributed by atoms with Crippen molar-refractivity contribution in [1.82, 2.24) is 4.90 Å². The molecule has 1 aliphatic carbocycles. The van der Waals surface area contributed by atoms with E-state index < -0.39 is 5.41 Å². The van der Waals surface area contributed by atoms with Crippen LogP contribution >= 0.6 is 0 Å². The van der Waals surface area contributed by atoms with Crippen molar-refractivity contribution in [3.8, 4) is 5.75 Å². The molecule has 4 nitrogen and oxygen atoms in total. The van der Waals surface area contributed by atoms with Crippen LogP contribution in [0.25, 0.3) is 0 Å². The van der Waals surface area contributed by atoms with Crippen LogP contribution in [0.3, 0.4) is 0 Å². The van der Waals surface area contributed by atoms with Gasteiger partial charge in [-0.3, -0.25) is 4.79 Å². The summed E-state index contributed by atoms with van der Waals surface area (Å²) in [6, 6.07) is 16.7. The second kappa shape index (κ2) is 7.59. The SMILES string of the molecule is COc1cc(C2(C(=O)N3C[C@@H](CN)[C@H](c4ccccc4)C3)CCC2)ccc1C. The summed E-state index contributed by atoms with van der Waals surface area (Å²) in [5.74, 6) is 1.76. The van der Waals surface area contributed by atoms with Gasteiger partial charge in [-0.1, -0.05) is 48.9 Å². The van der Waals surface area contributed by atoms with Crippen molar-refractivity contribution in [3.05, 3.63) is 65.2 Å². The van der Waals surface area contributed by atoms with Crippen molar-refractivity contribution in [1.29, 1.82) is 0 Å². The van der Waals surface area contributed by atoms with Crippen LogP contribution in [-0.2, 0) is 10.2 Å². The van der Waals surface area contributed by atoms with E-state index in [1.54, 1.807) is 7.11 Å². The van der Waals surface area contributed by atoms with E-state index >= 15 is 0 Å². The summed E-state index contributed by atoms with van der Waals surface area (Å²) < 4.78 is 5.52. The second-order valence-corrected chi connectivity index (χ2v) is 8.34. The van der Waals surface area contributed by atoms with E-state index in [-0.39, 0.29) is 5.91 Å². The van der Waals surface area contributed by atoms with Gasteiger partial charge in [-0.2, -0.15) is 0 Å². The maximum Gasteiger partial charge on any atom is 0.233 e. The monoisotopic (exact) mass is 378 g/mol. The Labute approximate surface area is 167 Å². The number of amides is 1. The third-order valence-corrected chi connectivity index (χ3v) is 6.84. The van der Waals surface area contributed by atoms with E-state index in [9.17, 15) is 4.79 Å². The maximum absolute atomic E-state index is 13.7. The highest BCUT2D eigenvalue weighted by molar-refractivity contribution is 5.90. The quantitative estimate of drug-likeness (QED) is 0.864. The zero-order chi connectivity index (χ0) is 19.7. The minimum atomic E-state index is -0.397. The fraction of sp³-hybridized carbons (Fsp3) is 0.458. The van der Waals surface area contributed by atoms with Crippen LogP contribution in [0.4, 0.5) is 0 Å². The zero-order valence-electron chi connectivity index (χ0n) is 16.9. The van der Waals surface area contributed by atoms with Crippen LogP contribution in [0.2, 0.25) is 0 Å². The summed E-state index contributed by atoms with van der Waals surface area (Å²) in [5, 5.41) is 0. The van der Waals surface area contributed by atoms with Crippen molar-refractivity contribution >= 4 is 5.91 Å². The lowest BCUT2D eigenvalue weighted by Gasteiger charge is -2.43. The molecule has 1 heterocycles. The molecule has 2 aromatic carbocycles. The Bertz CT molecular complexity index is 845. The fourth-order valence-electron chi connectivity index (χ4n) is 4.93. The number of hydrogen-bond acceptors (Lipinski definition) is 3. The molecule has 4 heteroatoms. The zero-order valence-corrected chi connectivity index (χ0v) is 16.9. The molecule has 28 heavy (non-hydrogen) atoms. The molecule has 0 bridgehead atoms. The van der Waals surface area contributed by atoms with Gasteiger partial charge in [-0.05, 0) is 55.0 Å². The number of rotatable bonds is 5. The lowest BCUT2D eigenvalue weighted by Crippen LogP contribution is -2.50. The molecule has 1 saturated carbocycles. The Hall–Kier alpha value is -2.33. The molecule has 0 aromatic heterocycles. The number of likely N-dealkylation sites (tertiary alicyclic amines) is 1. The topological polar surface area (TPSA) is 55.6 Å². The van der Waals surface area contributed by atoms with Crippen molar-refractivity contribution < 1.29 is 9.53 Å². The highest BCUT2D eigenvalue weighted by atomic mass is 16.5. The van der Waals surface area contributed by atoms with Crippen molar-refractivity contribution in [2.24, 2.45) is 11.7 Å². The van der Waals surface area contributed by atoms with Crippen molar-refractivity contribution in [2.75, 3.05) is 26.7 Å². The first-order valence-electron chi connectivity index (χ1n) is 10.3. The van der Waals surface area contributed by atoms with Gasteiger partial charge in [0.15, 0.2) is 0 Å². The number of carbonyl (C=O) groups excluding carboxylic acids is 1. The normalized spacial score (nSPS) is 23.3. The van der Waals surface area contributed by atoms with E-state index in [0.29, 0.717) is 18.4 Å². The lowest BCUT2D eigenvalue weighted by atomic mass is 9.63. The van der Waals surface area contributed by atoms with E-state index in [2.05, 4.69) is 47.4 Å². The first-order valence-corrected chi connectivity index (χ1v) is 10.3. The van der Waals surface area contributed by atoms with Gasteiger partial charge >= 0.3 is 0 Å². The maximum atomic E-state index is 13.7. The molecule has 2 aliphatic rings. The Kier molecular flexibility index (Phi) is 5.15. The average Bonchev–Trinajstić information content (AvgIpc) is 3.13. The minimum Gasteiger partial charge on any atom is -0.496 e. The molecule has 0 unspecified atom stereocenters. The first-order chi connectivity index (χ1) is 13.6. The van der Waals surface area contributed by atoms with Crippen LogP contribution in [0.15, 0.2) is 48.5 Å². The molecule has 148 valence electrons. The molecular formula is C24H30N2O2. The van der Waals surface area contributed by atoms with Crippen LogP contribution in [0.5, 0.6) is 5.75 Å². The number of nitrogens with two attached hydrogens (primary N) is 1. The van der Waals surface area contributed by atoms with Crippen LogP contribution in [-0.4, -0.2) is 37.6 Å². The van der Waals surface area contributed by atoms with Gasteiger partial charge < -0.3 is 15.4 Å². The summed E-state index contributed by atoms with van der Waals surface area (Å²) in [5.41, 5.74) is 9.17. The smallest absolute Gasteiger partial charge is 0.233 e. The summed E-state index contributed by atoms with van der Waals surface area (Å²) in [4.78, 5) is 15.8. The lowest BCUT2D eigenvalue weighted by molar-refractivity contribution is -0.140. The van der Waals surface area contributed by atoms with Gasteiger partial charge in [-0.15, -0.1) is 0 Å². The number of carbonyl (C=O) groups is 1. The molecule has 0 radical (unpaired) electrons. The summed E-state index contributed by atoms with van der Waals surface area (Å²) >= 11 is 0. The molecule has 2 atom stereocenters.